The molecule has 194 valence electrons. The molecule has 0 atom stereocenters. The van der Waals surface area contributed by atoms with Gasteiger partial charge in [0.05, 0.1) is 5.69 Å². The number of hydrogen-bond donors (Lipinski definition) is 4. The molecule has 0 unspecified atom stereocenters. The van der Waals surface area contributed by atoms with E-state index < -0.39 is 12.1 Å². The third-order valence-electron chi connectivity index (χ3n) is 6.99. The van der Waals surface area contributed by atoms with Gasteiger partial charge in [0.1, 0.15) is 18.1 Å². The maximum Gasteiger partial charge on any atom is 0.256 e. The number of benzene rings is 1. The van der Waals surface area contributed by atoms with E-state index in [0.29, 0.717) is 28.7 Å². The smallest absolute Gasteiger partial charge is 0.256 e. The summed E-state index contributed by atoms with van der Waals surface area (Å²) in [7, 11) is 0. The van der Waals surface area contributed by atoms with Crippen molar-refractivity contribution in [2.24, 2.45) is 0 Å². The average Bonchev–Trinajstić information content (AvgIpc) is 3.63. The molecule has 2 aromatic heterocycles. The number of anilines is 4. The molecule has 1 spiro atoms. The van der Waals surface area contributed by atoms with Crippen molar-refractivity contribution in [1.29, 1.82) is 0 Å². The molecule has 0 saturated heterocycles. The lowest BCUT2D eigenvalue weighted by atomic mass is 9.90. The fraction of sp³-hybridized carbons (Fsp3) is 0.429. The number of nitrogens with one attached hydrogen (secondary N) is 4. The van der Waals surface area contributed by atoms with Gasteiger partial charge in [-0.25, -0.2) is 4.98 Å². The van der Waals surface area contributed by atoms with E-state index in [1.807, 2.05) is 13.8 Å². The number of carbonyl (C=O) groups is 1. The van der Waals surface area contributed by atoms with Crippen molar-refractivity contribution in [3.8, 4) is 0 Å². The van der Waals surface area contributed by atoms with Crippen LogP contribution in [-0.2, 0) is 17.4 Å². The summed E-state index contributed by atoms with van der Waals surface area (Å²) in [5.41, 5.74) is 4.65. The van der Waals surface area contributed by atoms with E-state index in [1.54, 1.807) is 32.2 Å². The minimum Gasteiger partial charge on any atom is -0.350 e. The molecule has 1 aliphatic heterocycles. The van der Waals surface area contributed by atoms with Gasteiger partial charge in [-0.15, -0.1) is 0 Å². The van der Waals surface area contributed by atoms with Crippen molar-refractivity contribution in [1.82, 2.24) is 25.6 Å². The van der Waals surface area contributed by atoms with Gasteiger partial charge >= 0.3 is 0 Å². The molecule has 4 N–H and O–H groups in total. The van der Waals surface area contributed by atoms with Crippen molar-refractivity contribution in [2.45, 2.75) is 64.0 Å². The number of rotatable bonds is 8. The zero-order valence-electron chi connectivity index (χ0n) is 21.8. The van der Waals surface area contributed by atoms with Gasteiger partial charge in [-0.3, -0.25) is 14.2 Å². The van der Waals surface area contributed by atoms with E-state index in [0.717, 1.165) is 18.7 Å². The highest BCUT2D eigenvalue weighted by Gasteiger charge is 2.46. The zero-order chi connectivity index (χ0) is 26.2. The molecule has 0 radical (unpaired) electrons. The predicted molar refractivity (Wildman–Crippen MR) is 143 cm³/mol. The summed E-state index contributed by atoms with van der Waals surface area (Å²) >= 11 is 0. The second kappa shape index (κ2) is 9.70. The quantitative estimate of drug-likeness (QED) is 0.347. The van der Waals surface area contributed by atoms with Crippen LogP contribution in [0.1, 0.15) is 67.7 Å². The Balaban J connectivity index is 1.44. The number of fused-ring (bicyclic) bond motifs is 2. The summed E-state index contributed by atoms with van der Waals surface area (Å²) in [5, 5.41) is 13.1. The lowest BCUT2D eigenvalue weighted by molar-refractivity contribution is 0.0943. The molecule has 1 amide bonds. The molecular weight excluding hydrogens is 469 g/mol. The molecule has 1 saturated carbocycles. The van der Waals surface area contributed by atoms with Crippen LogP contribution < -0.4 is 21.3 Å². The highest BCUT2D eigenvalue weighted by molar-refractivity contribution is 5.99. The lowest BCUT2D eigenvalue weighted by Gasteiger charge is -2.27. The lowest BCUT2D eigenvalue weighted by Crippen LogP contribution is -2.36. The minimum absolute atomic E-state index is 0.0456. The van der Waals surface area contributed by atoms with Crippen LogP contribution in [0.25, 0.3) is 0 Å². The number of aromatic nitrogens is 3. The van der Waals surface area contributed by atoms with Crippen LogP contribution in [0, 0.1) is 0 Å². The maximum atomic E-state index is 13.6. The third kappa shape index (κ3) is 5.27. The summed E-state index contributed by atoms with van der Waals surface area (Å²) in [4.78, 5) is 26.3. The van der Waals surface area contributed by atoms with Crippen LogP contribution in [0.5, 0.6) is 0 Å². The van der Waals surface area contributed by atoms with Gasteiger partial charge in [0.2, 0.25) is 5.95 Å². The molecule has 3 aromatic rings. The molecule has 3 heterocycles. The van der Waals surface area contributed by atoms with Crippen molar-refractivity contribution >= 4 is 29.0 Å². The SMILES string of the molecule is CC(C)NC(=O)c1cnc(Nc2ccc3c(c2)CCNC32CC2)nc1Nc1ccnc(C(C)(C)CF)c1. The van der Waals surface area contributed by atoms with Gasteiger partial charge in [-0.1, -0.05) is 19.9 Å². The van der Waals surface area contributed by atoms with Crippen LogP contribution in [0.3, 0.4) is 0 Å². The van der Waals surface area contributed by atoms with Gasteiger partial charge in [-0.05, 0) is 68.5 Å². The van der Waals surface area contributed by atoms with E-state index in [4.69, 9.17) is 0 Å². The number of pyridine rings is 1. The Hall–Kier alpha value is -3.59. The van der Waals surface area contributed by atoms with Crippen molar-refractivity contribution in [3.05, 3.63) is 65.1 Å². The van der Waals surface area contributed by atoms with E-state index in [9.17, 15) is 9.18 Å². The molecule has 37 heavy (non-hydrogen) atoms. The first-order valence-corrected chi connectivity index (χ1v) is 12.8. The number of carbonyl (C=O) groups excluding carboxylic acids is 1. The van der Waals surface area contributed by atoms with E-state index in [1.165, 1.54) is 30.2 Å². The molecule has 1 fully saturated rings. The highest BCUT2D eigenvalue weighted by atomic mass is 19.1. The van der Waals surface area contributed by atoms with Gasteiger partial charge < -0.3 is 21.3 Å². The van der Waals surface area contributed by atoms with E-state index in [-0.39, 0.29) is 17.5 Å². The Morgan fingerprint density at radius 2 is 1.92 bits per heavy atom. The Labute approximate surface area is 216 Å². The zero-order valence-corrected chi connectivity index (χ0v) is 21.8. The molecule has 0 bridgehead atoms. The molecule has 1 aromatic carbocycles. The Morgan fingerprint density at radius 3 is 2.65 bits per heavy atom. The average molecular weight is 504 g/mol. The largest absolute Gasteiger partial charge is 0.350 e. The van der Waals surface area contributed by atoms with Crippen molar-refractivity contribution in [2.75, 3.05) is 23.9 Å². The molecule has 9 heteroatoms. The van der Waals surface area contributed by atoms with Crippen LogP contribution in [-0.4, -0.2) is 40.1 Å². The number of amides is 1. The summed E-state index contributed by atoms with van der Waals surface area (Å²) in [6.45, 7) is 7.83. The fourth-order valence-corrected chi connectivity index (χ4v) is 4.70. The fourth-order valence-electron chi connectivity index (χ4n) is 4.70. The summed E-state index contributed by atoms with van der Waals surface area (Å²) < 4.78 is 13.6. The standard InChI is InChI=1S/C28H34FN7O/c1-17(2)33-25(37)21-15-31-26(35-19-5-6-22-18(13-19)7-12-32-28(22)9-10-28)36-24(21)34-20-8-11-30-23(14-20)27(3,4)16-29/h5-6,8,11,13-15,17,32H,7,9-10,12,16H2,1-4H3,(H,33,37)(H2,30,31,34,35,36). The first kappa shape index (κ1) is 25.1. The Bertz CT molecular complexity index is 1320. The van der Waals surface area contributed by atoms with Crippen molar-refractivity contribution < 1.29 is 9.18 Å². The second-order valence-corrected chi connectivity index (χ2v) is 10.9. The molecule has 5 rings (SSSR count). The van der Waals surface area contributed by atoms with Gasteiger partial charge in [0.15, 0.2) is 0 Å². The number of nitrogens with zero attached hydrogens (tertiary/aromatic N) is 3. The van der Waals surface area contributed by atoms with E-state index >= 15 is 0 Å². The summed E-state index contributed by atoms with van der Waals surface area (Å²) in [6.07, 6.45) is 6.49. The first-order valence-electron chi connectivity index (χ1n) is 12.8. The monoisotopic (exact) mass is 503 g/mol. The normalized spacial score (nSPS) is 15.8. The minimum atomic E-state index is -0.727. The van der Waals surface area contributed by atoms with Crippen LogP contribution in [0.15, 0.2) is 42.7 Å². The van der Waals surface area contributed by atoms with Crippen LogP contribution in [0.4, 0.5) is 27.5 Å². The number of halogens is 1. The van der Waals surface area contributed by atoms with E-state index in [2.05, 4.69) is 54.4 Å². The molecular formula is C28H34FN7O. The molecule has 2 aliphatic rings. The number of alkyl halides is 1. The van der Waals surface area contributed by atoms with Gasteiger partial charge in [0.25, 0.3) is 5.91 Å². The maximum absolute atomic E-state index is 13.6. The summed E-state index contributed by atoms with van der Waals surface area (Å²) in [6, 6.07) is 9.91. The third-order valence-corrected chi connectivity index (χ3v) is 6.99. The topological polar surface area (TPSA) is 104 Å². The van der Waals surface area contributed by atoms with Crippen LogP contribution in [0.2, 0.25) is 0 Å². The van der Waals surface area contributed by atoms with Gasteiger partial charge in [0, 0.05) is 47.3 Å². The first-order chi connectivity index (χ1) is 17.7. The molecule has 8 nitrogen and oxygen atoms in total. The van der Waals surface area contributed by atoms with Crippen LogP contribution >= 0.6 is 0 Å². The second-order valence-electron chi connectivity index (χ2n) is 10.9. The van der Waals surface area contributed by atoms with Crippen molar-refractivity contribution in [3.63, 3.8) is 0 Å². The highest BCUT2D eigenvalue weighted by Crippen LogP contribution is 2.49. The number of hydrogen-bond acceptors (Lipinski definition) is 7. The predicted octanol–water partition coefficient (Wildman–Crippen LogP) is 4.88. The van der Waals surface area contributed by atoms with Gasteiger partial charge in [-0.2, -0.15) is 4.98 Å². The Morgan fingerprint density at radius 1 is 1.14 bits per heavy atom. The molecule has 1 aliphatic carbocycles. The Kier molecular flexibility index (Phi) is 6.58. The summed E-state index contributed by atoms with van der Waals surface area (Å²) in [5.74, 6) is 0.445.